The Morgan fingerprint density at radius 3 is 2.49 bits per heavy atom. The summed E-state index contributed by atoms with van der Waals surface area (Å²) >= 11 is 7.19. The molecule has 1 heterocycles. The molecule has 5 rings (SSSR count). The second-order valence-electron chi connectivity index (χ2n) is 13.6. The summed E-state index contributed by atoms with van der Waals surface area (Å²) in [5.41, 5.74) is 10.6. The zero-order valence-electron chi connectivity index (χ0n) is 28.4. The zero-order chi connectivity index (χ0) is 32.0. The van der Waals surface area contributed by atoms with E-state index < -0.39 is 0 Å². The summed E-state index contributed by atoms with van der Waals surface area (Å²) in [5.74, 6) is 0.299. The predicted molar refractivity (Wildman–Crippen MR) is 198 cm³/mol. The quantitative estimate of drug-likeness (QED) is 0.153. The zero-order valence-corrected chi connectivity index (χ0v) is 29.2. The van der Waals surface area contributed by atoms with Crippen LogP contribution in [0.4, 0.5) is 5.69 Å². The van der Waals surface area contributed by atoms with Crippen LogP contribution in [0.15, 0.2) is 118 Å². The van der Waals surface area contributed by atoms with Gasteiger partial charge in [0.25, 0.3) is 0 Å². The van der Waals surface area contributed by atoms with E-state index in [1.54, 1.807) is 0 Å². The Bertz CT molecular complexity index is 1660. The van der Waals surface area contributed by atoms with Crippen LogP contribution in [-0.2, 0) is 5.41 Å². The minimum absolute atomic E-state index is 0.0396. The molecule has 0 bridgehead atoms. The summed E-state index contributed by atoms with van der Waals surface area (Å²) < 4.78 is 0. The number of hydrogen-bond acceptors (Lipinski definition) is 1. The van der Waals surface area contributed by atoms with Gasteiger partial charge in [0.2, 0.25) is 0 Å². The van der Waals surface area contributed by atoms with Crippen LogP contribution in [0, 0.1) is 6.92 Å². The standard InChI is InChI=1S/C43H52ClN/c1-7-8-9-10-11-12-18-33(32(3)41-31(2)25-26-34-19-13-14-22-37(34)41)27-28-35-20-17-21-36(42(35)44)29-30-40-43(4,5)38-23-15-16-24-39(38)45(40)6/h13-16,18-19,22-30,32H,7-12,17,20-21H2,1-6H3. The Labute approximate surface area is 278 Å². The van der Waals surface area contributed by atoms with E-state index in [1.807, 2.05) is 0 Å². The normalized spacial score (nSPS) is 19.4. The van der Waals surface area contributed by atoms with Gasteiger partial charge in [-0.25, -0.2) is 0 Å². The van der Waals surface area contributed by atoms with Gasteiger partial charge in [-0.1, -0.05) is 144 Å². The van der Waals surface area contributed by atoms with Crippen LogP contribution in [0.1, 0.15) is 108 Å². The fraction of sp³-hybridized carbons (Fsp3) is 0.395. The largest absolute Gasteiger partial charge is 0.347 e. The molecule has 0 amide bonds. The van der Waals surface area contributed by atoms with Crippen molar-refractivity contribution in [1.29, 1.82) is 0 Å². The van der Waals surface area contributed by atoms with E-state index in [2.05, 4.69) is 138 Å². The molecule has 0 saturated heterocycles. The molecule has 0 radical (unpaired) electrons. The van der Waals surface area contributed by atoms with E-state index in [4.69, 9.17) is 11.6 Å². The van der Waals surface area contributed by atoms with Crippen LogP contribution < -0.4 is 4.90 Å². The Balaban J connectivity index is 1.44. The average Bonchev–Trinajstić information content (AvgIpc) is 3.24. The van der Waals surface area contributed by atoms with Gasteiger partial charge in [0.05, 0.1) is 0 Å². The van der Waals surface area contributed by atoms with Gasteiger partial charge in [0, 0.05) is 34.8 Å². The number of unbranched alkanes of at least 4 members (excludes halogenated alkanes) is 5. The third-order valence-electron chi connectivity index (χ3n) is 10.1. The number of anilines is 1. The molecule has 236 valence electrons. The number of hydrogen-bond donors (Lipinski definition) is 0. The van der Waals surface area contributed by atoms with E-state index in [1.165, 1.54) is 87.7 Å². The van der Waals surface area contributed by atoms with Crippen LogP contribution in [0.2, 0.25) is 0 Å². The van der Waals surface area contributed by atoms with Gasteiger partial charge in [-0.15, -0.1) is 0 Å². The summed E-state index contributed by atoms with van der Waals surface area (Å²) in [4.78, 5) is 2.34. The maximum absolute atomic E-state index is 7.19. The fourth-order valence-corrected chi connectivity index (χ4v) is 7.75. The molecule has 2 heteroatoms. The lowest BCUT2D eigenvalue weighted by molar-refractivity contribution is 0.636. The maximum atomic E-state index is 7.19. The first-order valence-corrected chi connectivity index (χ1v) is 17.6. The Morgan fingerprint density at radius 1 is 0.933 bits per heavy atom. The molecule has 2 aliphatic rings. The number of aryl methyl sites for hydroxylation is 1. The number of fused-ring (bicyclic) bond motifs is 2. The highest BCUT2D eigenvalue weighted by Gasteiger charge is 2.37. The van der Waals surface area contributed by atoms with Gasteiger partial charge in [-0.3, -0.25) is 0 Å². The van der Waals surface area contributed by atoms with Crippen molar-refractivity contribution < 1.29 is 0 Å². The van der Waals surface area contributed by atoms with Crippen LogP contribution in [0.25, 0.3) is 10.8 Å². The highest BCUT2D eigenvalue weighted by Crippen LogP contribution is 2.47. The average molecular weight is 618 g/mol. The molecule has 3 aromatic rings. The SMILES string of the molecule is CCCCCCCC=C(C=CC1=C(Cl)C(=CC=C2N(C)c3ccccc3C2(C)C)CCC1)C(C)c1c(C)ccc2ccccc12. The highest BCUT2D eigenvalue weighted by atomic mass is 35.5. The topological polar surface area (TPSA) is 3.24 Å². The number of benzene rings is 3. The third-order valence-corrected chi connectivity index (χ3v) is 10.6. The van der Waals surface area contributed by atoms with E-state index in [0.29, 0.717) is 5.92 Å². The van der Waals surface area contributed by atoms with Gasteiger partial charge >= 0.3 is 0 Å². The van der Waals surface area contributed by atoms with Gasteiger partial charge in [0.1, 0.15) is 0 Å². The first-order valence-electron chi connectivity index (χ1n) is 17.2. The van der Waals surface area contributed by atoms with E-state index in [9.17, 15) is 0 Å². The van der Waals surface area contributed by atoms with Gasteiger partial charge in [-0.2, -0.15) is 0 Å². The minimum Gasteiger partial charge on any atom is -0.347 e. The van der Waals surface area contributed by atoms with E-state index in [0.717, 1.165) is 30.7 Å². The van der Waals surface area contributed by atoms with Crippen molar-refractivity contribution in [3.8, 4) is 0 Å². The molecule has 1 atom stereocenters. The van der Waals surface area contributed by atoms with Crippen molar-refractivity contribution in [2.45, 2.75) is 104 Å². The number of nitrogens with zero attached hydrogens (tertiary/aromatic N) is 1. The van der Waals surface area contributed by atoms with Crippen molar-refractivity contribution in [3.05, 3.63) is 135 Å². The summed E-state index contributed by atoms with van der Waals surface area (Å²) in [6, 6.07) is 22.1. The van der Waals surface area contributed by atoms with Crippen molar-refractivity contribution in [2.24, 2.45) is 0 Å². The molecule has 1 unspecified atom stereocenters. The first-order chi connectivity index (χ1) is 21.7. The molecule has 0 aromatic heterocycles. The van der Waals surface area contributed by atoms with E-state index in [-0.39, 0.29) is 5.41 Å². The lowest BCUT2D eigenvalue weighted by Gasteiger charge is -2.24. The van der Waals surface area contributed by atoms with Crippen LogP contribution in [0.3, 0.4) is 0 Å². The second-order valence-corrected chi connectivity index (χ2v) is 14.0. The number of para-hydroxylation sites is 1. The van der Waals surface area contributed by atoms with Crippen molar-refractivity contribution in [1.82, 2.24) is 0 Å². The molecule has 0 spiro atoms. The third kappa shape index (κ3) is 7.25. The molecule has 0 N–H and O–H groups in total. The maximum Gasteiger partial charge on any atom is 0.0469 e. The predicted octanol–water partition coefficient (Wildman–Crippen LogP) is 13.0. The first kappa shape index (κ1) is 33.1. The van der Waals surface area contributed by atoms with Gasteiger partial charge in [0.15, 0.2) is 0 Å². The van der Waals surface area contributed by atoms with Gasteiger partial charge in [-0.05, 0) is 95.4 Å². The molecule has 1 aliphatic heterocycles. The molecule has 1 nitrogen and oxygen atoms in total. The molecule has 0 fully saturated rings. The van der Waals surface area contributed by atoms with Crippen molar-refractivity contribution in [2.75, 3.05) is 11.9 Å². The molecule has 45 heavy (non-hydrogen) atoms. The molecule has 3 aromatic carbocycles. The van der Waals surface area contributed by atoms with Crippen LogP contribution in [-0.4, -0.2) is 7.05 Å². The summed E-state index contributed by atoms with van der Waals surface area (Å²) in [6.07, 6.45) is 22.6. The highest BCUT2D eigenvalue weighted by molar-refractivity contribution is 6.32. The number of halogens is 1. The number of rotatable bonds is 11. The van der Waals surface area contributed by atoms with Crippen LogP contribution >= 0.6 is 11.6 Å². The minimum atomic E-state index is -0.0396. The molecular weight excluding hydrogens is 566 g/mol. The number of allylic oxidation sites excluding steroid dienone is 10. The van der Waals surface area contributed by atoms with Gasteiger partial charge < -0.3 is 4.90 Å². The van der Waals surface area contributed by atoms with E-state index >= 15 is 0 Å². The van der Waals surface area contributed by atoms with Crippen LogP contribution in [0.5, 0.6) is 0 Å². The lowest BCUT2D eigenvalue weighted by atomic mass is 9.83. The smallest absolute Gasteiger partial charge is 0.0469 e. The Hall–Kier alpha value is -3.29. The molecular formula is C43H52ClN. The summed E-state index contributed by atoms with van der Waals surface area (Å²) in [7, 11) is 2.18. The Kier molecular flexibility index (Phi) is 10.9. The monoisotopic (exact) mass is 617 g/mol. The molecule has 0 saturated carbocycles. The molecule has 1 aliphatic carbocycles. The fourth-order valence-electron chi connectivity index (χ4n) is 7.44. The second kappa shape index (κ2) is 14.9. The lowest BCUT2D eigenvalue weighted by Crippen LogP contribution is -2.22. The Morgan fingerprint density at radius 2 is 1.69 bits per heavy atom. The summed E-state index contributed by atoms with van der Waals surface area (Å²) in [5, 5.41) is 3.61. The number of likely N-dealkylation sites (N-methyl/N-ethyl adjacent to an activating group) is 1. The summed E-state index contributed by atoms with van der Waals surface area (Å²) in [6.45, 7) is 11.6. The van der Waals surface area contributed by atoms with Crippen molar-refractivity contribution in [3.63, 3.8) is 0 Å². The van der Waals surface area contributed by atoms with Crippen molar-refractivity contribution >= 4 is 28.1 Å².